The van der Waals surface area contributed by atoms with E-state index >= 15 is 0 Å². The monoisotopic (exact) mass is 332 g/mol. The van der Waals surface area contributed by atoms with Gasteiger partial charge in [-0.15, -0.1) is 0 Å². The van der Waals surface area contributed by atoms with Crippen LogP contribution in [0.15, 0.2) is 18.2 Å². The van der Waals surface area contributed by atoms with Crippen LogP contribution in [0.5, 0.6) is 0 Å². The van der Waals surface area contributed by atoms with E-state index in [-0.39, 0.29) is 11.1 Å². The number of alkyl halides is 3. The van der Waals surface area contributed by atoms with Crippen LogP contribution in [0.4, 0.5) is 13.2 Å². The van der Waals surface area contributed by atoms with E-state index in [0.29, 0.717) is 5.92 Å². The number of nitrogens with zero attached hydrogens (tertiary/aromatic N) is 1. The number of benzene rings is 1. The van der Waals surface area contributed by atoms with Gasteiger partial charge in [-0.2, -0.15) is 13.2 Å². The van der Waals surface area contributed by atoms with Crippen LogP contribution in [0, 0.1) is 5.92 Å². The minimum Gasteiger partial charge on any atom is -0.314 e. The van der Waals surface area contributed by atoms with Gasteiger partial charge in [0, 0.05) is 32.2 Å². The van der Waals surface area contributed by atoms with Gasteiger partial charge < -0.3 is 5.32 Å². The van der Waals surface area contributed by atoms with E-state index in [9.17, 15) is 13.2 Å². The molecule has 122 valence electrons. The van der Waals surface area contributed by atoms with E-state index in [4.69, 9.17) is 11.6 Å². The van der Waals surface area contributed by atoms with Gasteiger partial charge in [-0.05, 0) is 30.0 Å². The molecule has 0 amide bonds. The van der Waals surface area contributed by atoms with Crippen molar-refractivity contribution in [3.63, 3.8) is 0 Å². The van der Waals surface area contributed by atoms with Gasteiger partial charge in [-0.3, -0.25) is 4.90 Å². The maximum absolute atomic E-state index is 13.1. The fourth-order valence-electron chi connectivity index (χ4n) is 3.13. The molecule has 1 aliphatic heterocycles. The van der Waals surface area contributed by atoms with Gasteiger partial charge in [-0.1, -0.05) is 30.5 Å². The van der Waals surface area contributed by atoms with Gasteiger partial charge in [0.2, 0.25) is 0 Å². The minimum absolute atomic E-state index is 0.0629. The van der Waals surface area contributed by atoms with E-state index in [1.807, 2.05) is 0 Å². The van der Waals surface area contributed by atoms with Gasteiger partial charge in [-0.25, -0.2) is 0 Å². The molecule has 1 aromatic rings. The van der Waals surface area contributed by atoms with E-state index in [0.717, 1.165) is 38.2 Å². The highest BCUT2D eigenvalue weighted by atomic mass is 35.5. The van der Waals surface area contributed by atoms with Crippen molar-refractivity contribution in [2.45, 2.75) is 31.5 Å². The summed E-state index contributed by atoms with van der Waals surface area (Å²) in [6, 6.07) is 4.46. The number of hydrogen-bond donors (Lipinski definition) is 1. The first-order valence-electron chi connectivity index (χ1n) is 7.76. The zero-order valence-electron chi connectivity index (χ0n) is 12.3. The topological polar surface area (TPSA) is 15.3 Å². The van der Waals surface area contributed by atoms with Crippen LogP contribution < -0.4 is 5.32 Å². The van der Waals surface area contributed by atoms with Crippen molar-refractivity contribution in [2.75, 3.05) is 26.2 Å². The first-order valence-corrected chi connectivity index (χ1v) is 8.14. The maximum atomic E-state index is 13.1. The fourth-order valence-corrected chi connectivity index (χ4v) is 3.35. The van der Waals surface area contributed by atoms with Crippen molar-refractivity contribution >= 4 is 11.6 Å². The smallest absolute Gasteiger partial charge is 0.314 e. The van der Waals surface area contributed by atoms with Crippen molar-refractivity contribution < 1.29 is 13.2 Å². The number of hydrogen-bond acceptors (Lipinski definition) is 2. The molecule has 0 aromatic heterocycles. The van der Waals surface area contributed by atoms with E-state index in [2.05, 4.69) is 10.2 Å². The van der Waals surface area contributed by atoms with Crippen LogP contribution in [0.3, 0.4) is 0 Å². The van der Waals surface area contributed by atoms with E-state index in [1.54, 1.807) is 6.07 Å². The molecule has 1 aliphatic carbocycles. The lowest BCUT2D eigenvalue weighted by molar-refractivity contribution is -0.137. The van der Waals surface area contributed by atoms with Crippen LogP contribution >= 0.6 is 11.6 Å². The summed E-state index contributed by atoms with van der Waals surface area (Å²) in [7, 11) is 0. The van der Waals surface area contributed by atoms with Gasteiger partial charge in [0.25, 0.3) is 0 Å². The molecule has 22 heavy (non-hydrogen) atoms. The first kappa shape index (κ1) is 16.1. The number of piperazine rings is 1. The average Bonchev–Trinajstić information content (AvgIpc) is 3.29. The summed E-state index contributed by atoms with van der Waals surface area (Å²) in [6.45, 7) is 3.53. The van der Waals surface area contributed by atoms with Gasteiger partial charge in [0.1, 0.15) is 0 Å². The minimum atomic E-state index is -4.40. The van der Waals surface area contributed by atoms with E-state index < -0.39 is 11.7 Å². The van der Waals surface area contributed by atoms with Crippen LogP contribution in [-0.2, 0) is 6.18 Å². The van der Waals surface area contributed by atoms with Crippen molar-refractivity contribution in [1.82, 2.24) is 10.2 Å². The van der Waals surface area contributed by atoms with Gasteiger partial charge >= 0.3 is 6.18 Å². The largest absolute Gasteiger partial charge is 0.417 e. The predicted molar refractivity (Wildman–Crippen MR) is 81.0 cm³/mol. The Morgan fingerprint density at radius 1 is 1.23 bits per heavy atom. The molecular formula is C16H20ClF3N2. The lowest BCUT2D eigenvalue weighted by Crippen LogP contribution is -2.45. The molecule has 1 heterocycles. The maximum Gasteiger partial charge on any atom is 0.417 e. The second-order valence-electron chi connectivity index (χ2n) is 6.22. The van der Waals surface area contributed by atoms with Crippen molar-refractivity contribution in [3.8, 4) is 0 Å². The molecule has 1 atom stereocenters. The van der Waals surface area contributed by atoms with E-state index in [1.165, 1.54) is 25.0 Å². The van der Waals surface area contributed by atoms with Crippen LogP contribution in [0.1, 0.15) is 36.4 Å². The highest BCUT2D eigenvalue weighted by molar-refractivity contribution is 6.31. The van der Waals surface area contributed by atoms with Crippen molar-refractivity contribution in [3.05, 3.63) is 34.3 Å². The summed E-state index contributed by atoms with van der Waals surface area (Å²) in [6.07, 6.45) is -1.07. The van der Waals surface area contributed by atoms with Crippen LogP contribution in [0.25, 0.3) is 0 Å². The molecule has 1 saturated heterocycles. The highest BCUT2D eigenvalue weighted by Gasteiger charge is 2.35. The average molecular weight is 333 g/mol. The van der Waals surface area contributed by atoms with Gasteiger partial charge in [0.05, 0.1) is 10.6 Å². The van der Waals surface area contributed by atoms with Crippen LogP contribution in [0.2, 0.25) is 5.02 Å². The zero-order chi connectivity index (χ0) is 15.7. The third kappa shape index (κ3) is 3.76. The van der Waals surface area contributed by atoms with Crippen molar-refractivity contribution in [2.24, 2.45) is 5.92 Å². The molecule has 1 aromatic carbocycles. The summed E-state index contributed by atoms with van der Waals surface area (Å²) >= 11 is 5.75. The standard InChI is InChI=1S/C16H20ClF3N2/c17-14-4-3-12(10-13(14)16(18,19)20)15(9-11-1-2-11)22-7-5-21-6-8-22/h3-4,10-11,15,21H,1-2,5-9H2/t15-/m0/s1. The summed E-state index contributed by atoms with van der Waals surface area (Å²) < 4.78 is 39.3. The Hall–Kier alpha value is -0.780. The molecule has 0 unspecified atom stereocenters. The SMILES string of the molecule is FC(F)(F)c1cc([C@H](CC2CC2)N2CCNCC2)ccc1Cl. The van der Waals surface area contributed by atoms with Crippen LogP contribution in [-0.4, -0.2) is 31.1 Å². The zero-order valence-corrected chi connectivity index (χ0v) is 13.1. The molecule has 2 nitrogen and oxygen atoms in total. The molecule has 2 fully saturated rings. The summed E-state index contributed by atoms with van der Waals surface area (Å²) in [5, 5.41) is 3.07. The highest BCUT2D eigenvalue weighted by Crippen LogP contribution is 2.42. The Balaban J connectivity index is 1.89. The molecule has 0 spiro atoms. The third-order valence-corrected chi connectivity index (χ3v) is 4.86. The normalized spacial score (nSPS) is 21.8. The predicted octanol–water partition coefficient (Wildman–Crippen LogP) is 4.11. The molecule has 2 aliphatic rings. The number of halogens is 4. The Bertz CT molecular complexity index is 523. The second-order valence-corrected chi connectivity index (χ2v) is 6.63. The lowest BCUT2D eigenvalue weighted by atomic mass is 9.97. The quantitative estimate of drug-likeness (QED) is 0.892. The molecule has 1 saturated carbocycles. The molecule has 1 N–H and O–H groups in total. The third-order valence-electron chi connectivity index (χ3n) is 4.53. The summed E-state index contributed by atoms with van der Waals surface area (Å²) in [5.41, 5.74) is 0.0214. The Morgan fingerprint density at radius 2 is 1.91 bits per heavy atom. The molecule has 0 bridgehead atoms. The molecular weight excluding hydrogens is 313 g/mol. The second kappa shape index (κ2) is 6.38. The molecule has 3 rings (SSSR count). The fraction of sp³-hybridized carbons (Fsp3) is 0.625. The number of nitrogens with one attached hydrogen (secondary N) is 1. The van der Waals surface area contributed by atoms with Crippen molar-refractivity contribution in [1.29, 1.82) is 0 Å². The molecule has 0 radical (unpaired) electrons. The molecule has 6 heteroatoms. The lowest BCUT2D eigenvalue weighted by Gasteiger charge is -2.35. The Kier molecular flexibility index (Phi) is 4.67. The Morgan fingerprint density at radius 3 is 2.50 bits per heavy atom. The number of rotatable bonds is 4. The first-order chi connectivity index (χ1) is 10.4. The Labute approximate surface area is 133 Å². The summed E-state index contributed by atoms with van der Waals surface area (Å²) in [5.74, 6) is 0.657. The summed E-state index contributed by atoms with van der Waals surface area (Å²) in [4.78, 5) is 2.30. The van der Waals surface area contributed by atoms with Gasteiger partial charge in [0.15, 0.2) is 0 Å².